The van der Waals surface area contributed by atoms with Crippen molar-refractivity contribution in [2.24, 2.45) is 0 Å². The van der Waals surface area contributed by atoms with E-state index in [0.29, 0.717) is 25.1 Å². The van der Waals surface area contributed by atoms with Crippen LogP contribution in [0.15, 0.2) is 24.3 Å². The van der Waals surface area contributed by atoms with E-state index in [1.165, 1.54) is 14.0 Å². The first kappa shape index (κ1) is 19.7. The van der Waals surface area contributed by atoms with Crippen molar-refractivity contribution in [3.8, 4) is 0 Å². The fourth-order valence-electron chi connectivity index (χ4n) is 2.15. The molecule has 0 saturated carbocycles. The van der Waals surface area contributed by atoms with Crippen LogP contribution < -0.4 is 10.6 Å². The normalized spacial score (nSPS) is 10.1. The highest BCUT2D eigenvalue weighted by Gasteiger charge is 2.05. The average molecular weight is 334 g/mol. The van der Waals surface area contributed by atoms with Gasteiger partial charge in [0.05, 0.1) is 7.11 Å². The third-order valence-electron chi connectivity index (χ3n) is 3.58. The van der Waals surface area contributed by atoms with E-state index in [0.717, 1.165) is 31.2 Å². The third kappa shape index (κ3) is 8.31. The fraction of sp³-hybridized carbons (Fsp3) is 0.500. The molecule has 0 atom stereocenters. The van der Waals surface area contributed by atoms with Crippen LogP contribution in [0.3, 0.4) is 0 Å². The molecule has 6 nitrogen and oxygen atoms in total. The number of amides is 2. The highest BCUT2D eigenvalue weighted by molar-refractivity contribution is 5.94. The Kier molecular flexibility index (Phi) is 9.19. The highest BCUT2D eigenvalue weighted by atomic mass is 16.5. The smallest absolute Gasteiger partial charge is 0.305 e. The molecule has 0 aliphatic carbocycles. The van der Waals surface area contributed by atoms with Crippen molar-refractivity contribution in [1.29, 1.82) is 0 Å². The lowest BCUT2D eigenvalue weighted by Crippen LogP contribution is -2.24. The van der Waals surface area contributed by atoms with Gasteiger partial charge in [0.1, 0.15) is 0 Å². The molecule has 0 heterocycles. The first-order chi connectivity index (χ1) is 11.5. The van der Waals surface area contributed by atoms with Crippen LogP contribution in [-0.4, -0.2) is 31.4 Å². The monoisotopic (exact) mass is 334 g/mol. The summed E-state index contributed by atoms with van der Waals surface area (Å²) in [6.07, 6.45) is 4.06. The number of carbonyl (C=O) groups excluding carboxylic acids is 3. The Morgan fingerprint density at radius 3 is 2.25 bits per heavy atom. The molecule has 0 aliphatic rings. The van der Waals surface area contributed by atoms with Gasteiger partial charge in [0.2, 0.25) is 5.91 Å². The lowest BCUT2D eigenvalue weighted by molar-refractivity contribution is -0.140. The van der Waals surface area contributed by atoms with Crippen LogP contribution in [0.2, 0.25) is 0 Å². The van der Waals surface area contributed by atoms with Crippen molar-refractivity contribution in [1.82, 2.24) is 10.6 Å². The molecular formula is C18H26N2O4. The van der Waals surface area contributed by atoms with Gasteiger partial charge in [0.15, 0.2) is 0 Å². The molecule has 0 bridgehead atoms. The van der Waals surface area contributed by atoms with Crippen molar-refractivity contribution in [2.75, 3.05) is 13.7 Å². The van der Waals surface area contributed by atoms with Crippen LogP contribution in [-0.2, 0) is 20.9 Å². The minimum absolute atomic E-state index is 0.0802. The number of unbranched alkanes of at least 4 members (excludes halogenated alkanes) is 3. The molecule has 2 amide bonds. The fourth-order valence-corrected chi connectivity index (χ4v) is 2.15. The summed E-state index contributed by atoms with van der Waals surface area (Å²) in [5.74, 6) is -0.357. The number of methoxy groups -OCH3 is 1. The Morgan fingerprint density at radius 1 is 0.958 bits per heavy atom. The third-order valence-corrected chi connectivity index (χ3v) is 3.58. The molecule has 2 N–H and O–H groups in total. The summed E-state index contributed by atoms with van der Waals surface area (Å²) in [5.41, 5.74) is 1.56. The second-order valence-electron chi connectivity index (χ2n) is 5.60. The van der Waals surface area contributed by atoms with Crippen LogP contribution in [0.5, 0.6) is 0 Å². The zero-order chi connectivity index (χ0) is 17.8. The van der Waals surface area contributed by atoms with Crippen molar-refractivity contribution in [3.63, 3.8) is 0 Å². The summed E-state index contributed by atoms with van der Waals surface area (Å²) in [6.45, 7) is 2.55. The van der Waals surface area contributed by atoms with Gasteiger partial charge in [-0.15, -0.1) is 0 Å². The number of benzene rings is 1. The van der Waals surface area contributed by atoms with Gasteiger partial charge in [-0.05, 0) is 30.5 Å². The molecule has 6 heteroatoms. The van der Waals surface area contributed by atoms with E-state index in [4.69, 9.17) is 0 Å². The highest BCUT2D eigenvalue weighted by Crippen LogP contribution is 2.06. The van der Waals surface area contributed by atoms with Gasteiger partial charge >= 0.3 is 5.97 Å². The Bertz CT molecular complexity index is 540. The molecule has 0 aliphatic heterocycles. The topological polar surface area (TPSA) is 84.5 Å². The van der Waals surface area contributed by atoms with Crippen LogP contribution in [0.4, 0.5) is 0 Å². The molecule has 132 valence electrons. The van der Waals surface area contributed by atoms with Gasteiger partial charge in [0.25, 0.3) is 5.91 Å². The summed E-state index contributed by atoms with van der Waals surface area (Å²) < 4.78 is 4.58. The summed E-state index contributed by atoms with van der Waals surface area (Å²) in [5, 5.41) is 5.59. The Morgan fingerprint density at radius 2 is 1.62 bits per heavy atom. The SMILES string of the molecule is COC(=O)CCCCCCNC(=O)c1ccc(CNC(C)=O)cc1. The van der Waals surface area contributed by atoms with Crippen LogP contribution in [0, 0.1) is 0 Å². The van der Waals surface area contributed by atoms with E-state index >= 15 is 0 Å². The molecule has 0 aromatic heterocycles. The average Bonchev–Trinajstić information content (AvgIpc) is 2.59. The van der Waals surface area contributed by atoms with E-state index < -0.39 is 0 Å². The number of hydrogen-bond acceptors (Lipinski definition) is 4. The van der Waals surface area contributed by atoms with Crippen molar-refractivity contribution in [3.05, 3.63) is 35.4 Å². The molecule has 0 saturated heterocycles. The lowest BCUT2D eigenvalue weighted by atomic mass is 10.1. The van der Waals surface area contributed by atoms with Crippen molar-refractivity contribution >= 4 is 17.8 Å². The van der Waals surface area contributed by atoms with Crippen LogP contribution >= 0.6 is 0 Å². The summed E-state index contributed by atoms with van der Waals surface area (Å²) in [4.78, 5) is 33.8. The van der Waals surface area contributed by atoms with Gasteiger partial charge in [-0.2, -0.15) is 0 Å². The van der Waals surface area contributed by atoms with Gasteiger partial charge in [-0.1, -0.05) is 25.0 Å². The van der Waals surface area contributed by atoms with Crippen LogP contribution in [0.25, 0.3) is 0 Å². The quantitative estimate of drug-likeness (QED) is 0.507. The van der Waals surface area contributed by atoms with Gasteiger partial charge < -0.3 is 15.4 Å². The molecule has 24 heavy (non-hydrogen) atoms. The van der Waals surface area contributed by atoms with Crippen molar-refractivity contribution in [2.45, 2.75) is 45.6 Å². The summed E-state index contributed by atoms with van der Waals surface area (Å²) in [6, 6.07) is 7.17. The van der Waals surface area contributed by atoms with E-state index in [1.54, 1.807) is 12.1 Å². The second kappa shape index (κ2) is 11.2. The first-order valence-electron chi connectivity index (χ1n) is 8.21. The standard InChI is InChI=1S/C18H26N2O4/c1-14(21)20-13-15-8-10-16(11-9-15)18(23)19-12-6-4-3-5-7-17(22)24-2/h8-11H,3-7,12-13H2,1-2H3,(H,19,23)(H,20,21). The van der Waals surface area contributed by atoms with Gasteiger partial charge in [0, 0.05) is 32.0 Å². The van der Waals surface area contributed by atoms with E-state index in [2.05, 4.69) is 15.4 Å². The van der Waals surface area contributed by atoms with E-state index in [-0.39, 0.29) is 17.8 Å². The minimum Gasteiger partial charge on any atom is -0.469 e. The molecule has 0 unspecified atom stereocenters. The zero-order valence-electron chi connectivity index (χ0n) is 14.4. The molecular weight excluding hydrogens is 308 g/mol. The number of esters is 1. The summed E-state index contributed by atoms with van der Waals surface area (Å²) >= 11 is 0. The van der Waals surface area contributed by atoms with Gasteiger partial charge in [-0.3, -0.25) is 14.4 Å². The number of rotatable bonds is 10. The minimum atomic E-state index is -0.176. The maximum Gasteiger partial charge on any atom is 0.305 e. The van der Waals surface area contributed by atoms with E-state index in [9.17, 15) is 14.4 Å². The molecule has 0 spiro atoms. The Balaban J connectivity index is 2.18. The molecule has 1 rings (SSSR count). The molecule has 1 aromatic rings. The number of nitrogens with one attached hydrogen (secondary N) is 2. The molecule has 0 fully saturated rings. The Hall–Kier alpha value is -2.37. The first-order valence-corrected chi connectivity index (χ1v) is 8.21. The number of ether oxygens (including phenoxy) is 1. The second-order valence-corrected chi connectivity index (χ2v) is 5.60. The predicted molar refractivity (Wildman–Crippen MR) is 91.4 cm³/mol. The number of carbonyl (C=O) groups is 3. The van der Waals surface area contributed by atoms with Crippen molar-refractivity contribution < 1.29 is 19.1 Å². The molecule has 1 aromatic carbocycles. The largest absolute Gasteiger partial charge is 0.469 e. The summed E-state index contributed by atoms with van der Waals surface area (Å²) in [7, 11) is 1.39. The zero-order valence-corrected chi connectivity index (χ0v) is 14.4. The maximum absolute atomic E-state index is 12.0. The maximum atomic E-state index is 12.0. The van der Waals surface area contributed by atoms with Crippen LogP contribution in [0.1, 0.15) is 54.9 Å². The Labute approximate surface area is 143 Å². The molecule has 0 radical (unpaired) electrons. The van der Waals surface area contributed by atoms with Gasteiger partial charge in [-0.25, -0.2) is 0 Å². The van der Waals surface area contributed by atoms with E-state index in [1.807, 2.05) is 12.1 Å². The lowest BCUT2D eigenvalue weighted by Gasteiger charge is -2.07. The predicted octanol–water partition coefficient (Wildman–Crippen LogP) is 2.18. The number of hydrogen-bond donors (Lipinski definition) is 2.